The van der Waals surface area contributed by atoms with Gasteiger partial charge < -0.3 is 10.6 Å². The molecule has 0 saturated carbocycles. The summed E-state index contributed by atoms with van der Waals surface area (Å²) in [5.41, 5.74) is 7.75. The molecule has 102 valence electrons. The van der Waals surface area contributed by atoms with Crippen LogP contribution >= 0.6 is 11.6 Å². The van der Waals surface area contributed by atoms with Crippen molar-refractivity contribution in [2.24, 2.45) is 10.7 Å². The lowest BCUT2D eigenvalue weighted by Gasteiger charge is -2.36. The highest BCUT2D eigenvalue weighted by Crippen LogP contribution is 2.37. The zero-order valence-corrected chi connectivity index (χ0v) is 11.9. The van der Waals surface area contributed by atoms with Crippen molar-refractivity contribution >= 4 is 23.2 Å². The van der Waals surface area contributed by atoms with Crippen LogP contribution in [0.25, 0.3) is 0 Å². The molecule has 0 spiro atoms. The average molecular weight is 287 g/mol. The highest BCUT2D eigenvalue weighted by Gasteiger charge is 2.40. The van der Waals surface area contributed by atoms with E-state index in [1.165, 1.54) is 0 Å². The van der Waals surface area contributed by atoms with Crippen molar-refractivity contribution in [2.45, 2.75) is 12.5 Å². The predicted octanol–water partition coefficient (Wildman–Crippen LogP) is 2.79. The second kappa shape index (κ2) is 4.80. The summed E-state index contributed by atoms with van der Waals surface area (Å²) in [6, 6.07) is 11.6. The van der Waals surface area contributed by atoms with Gasteiger partial charge in [-0.25, -0.2) is 0 Å². The van der Waals surface area contributed by atoms with Crippen molar-refractivity contribution < 1.29 is 0 Å². The topological polar surface area (TPSA) is 54.5 Å². The quantitative estimate of drug-likeness (QED) is 0.923. The molecule has 1 atom stereocenters. The molecule has 0 amide bonds. The Balaban J connectivity index is 2.09. The highest BCUT2D eigenvalue weighted by molar-refractivity contribution is 6.31. The lowest BCUT2D eigenvalue weighted by Crippen LogP contribution is -2.47. The standard InChI is InChI=1S/C15H15ClN4/c1-15(11-4-3-7-18-9-11)10-19-14(17)20(15)13-6-2-5-12(16)8-13/h2-9H,10H2,1H3,(H2,17,19). The molecule has 0 radical (unpaired) electrons. The molecule has 2 heterocycles. The van der Waals surface area contributed by atoms with Crippen LogP contribution in [0, 0.1) is 0 Å². The van der Waals surface area contributed by atoms with Gasteiger partial charge in [-0.2, -0.15) is 0 Å². The third kappa shape index (κ3) is 2.02. The summed E-state index contributed by atoms with van der Waals surface area (Å²) in [4.78, 5) is 10.6. The minimum atomic E-state index is -0.344. The third-order valence-corrected chi connectivity index (χ3v) is 3.86. The van der Waals surface area contributed by atoms with E-state index in [9.17, 15) is 0 Å². The van der Waals surface area contributed by atoms with Gasteiger partial charge in [-0.3, -0.25) is 9.98 Å². The number of rotatable bonds is 2. The van der Waals surface area contributed by atoms with Gasteiger partial charge in [0.25, 0.3) is 0 Å². The number of hydrogen-bond donors (Lipinski definition) is 1. The summed E-state index contributed by atoms with van der Waals surface area (Å²) >= 11 is 6.09. The van der Waals surface area contributed by atoms with E-state index in [0.717, 1.165) is 11.3 Å². The fourth-order valence-electron chi connectivity index (χ4n) is 2.56. The van der Waals surface area contributed by atoms with Gasteiger partial charge in [0.2, 0.25) is 0 Å². The van der Waals surface area contributed by atoms with Gasteiger partial charge in [0, 0.05) is 23.1 Å². The first-order chi connectivity index (χ1) is 9.61. The van der Waals surface area contributed by atoms with Gasteiger partial charge in [-0.15, -0.1) is 0 Å². The molecule has 3 rings (SSSR count). The Labute approximate surface area is 122 Å². The maximum Gasteiger partial charge on any atom is 0.196 e. The summed E-state index contributed by atoms with van der Waals surface area (Å²) in [6.45, 7) is 2.70. The summed E-state index contributed by atoms with van der Waals surface area (Å²) in [5.74, 6) is 0.499. The molecule has 1 aromatic carbocycles. The van der Waals surface area contributed by atoms with E-state index < -0.39 is 0 Å². The zero-order valence-electron chi connectivity index (χ0n) is 11.1. The zero-order chi connectivity index (χ0) is 14.2. The van der Waals surface area contributed by atoms with Crippen LogP contribution in [0.15, 0.2) is 53.8 Å². The maximum absolute atomic E-state index is 6.09. The van der Waals surface area contributed by atoms with Crippen LogP contribution in [-0.4, -0.2) is 17.5 Å². The Bertz CT molecular complexity index is 656. The van der Waals surface area contributed by atoms with Gasteiger partial charge in [0.1, 0.15) is 0 Å². The number of nitrogens with two attached hydrogens (primary N) is 1. The van der Waals surface area contributed by atoms with Crippen LogP contribution in [0.4, 0.5) is 5.69 Å². The van der Waals surface area contributed by atoms with E-state index in [4.69, 9.17) is 17.3 Å². The Hall–Kier alpha value is -2.07. The molecule has 1 aliphatic heterocycles. The molecule has 1 aliphatic rings. The van der Waals surface area contributed by atoms with E-state index in [-0.39, 0.29) is 5.54 Å². The number of aliphatic imine (C=N–C) groups is 1. The Morgan fingerprint density at radius 3 is 2.85 bits per heavy atom. The second-order valence-corrected chi connectivity index (χ2v) is 5.44. The predicted molar refractivity (Wildman–Crippen MR) is 82.0 cm³/mol. The highest BCUT2D eigenvalue weighted by atomic mass is 35.5. The van der Waals surface area contributed by atoms with Gasteiger partial charge in [0.15, 0.2) is 5.96 Å². The molecule has 1 unspecified atom stereocenters. The smallest absolute Gasteiger partial charge is 0.196 e. The van der Waals surface area contributed by atoms with Crippen LogP contribution in [0.1, 0.15) is 12.5 Å². The lowest BCUT2D eigenvalue weighted by atomic mass is 9.92. The summed E-state index contributed by atoms with van der Waals surface area (Å²) in [6.07, 6.45) is 3.61. The fraction of sp³-hybridized carbons (Fsp3) is 0.200. The first kappa shape index (κ1) is 12.9. The monoisotopic (exact) mass is 286 g/mol. The molecule has 0 fully saturated rings. The van der Waals surface area contributed by atoms with E-state index in [2.05, 4.69) is 16.9 Å². The Kier molecular flexibility index (Phi) is 3.10. The molecule has 1 aromatic heterocycles. The molecule has 0 aliphatic carbocycles. The normalized spacial score (nSPS) is 21.9. The molecular formula is C15H15ClN4. The molecule has 20 heavy (non-hydrogen) atoms. The maximum atomic E-state index is 6.09. The van der Waals surface area contributed by atoms with Gasteiger partial charge in [-0.05, 0) is 36.8 Å². The van der Waals surface area contributed by atoms with E-state index in [1.807, 2.05) is 47.5 Å². The number of aromatic nitrogens is 1. The number of benzene rings is 1. The van der Waals surface area contributed by atoms with Crippen LogP contribution < -0.4 is 10.6 Å². The van der Waals surface area contributed by atoms with Gasteiger partial charge in [0.05, 0.1) is 12.1 Å². The molecular weight excluding hydrogens is 272 g/mol. The molecule has 5 heteroatoms. The number of guanidine groups is 1. The first-order valence-electron chi connectivity index (χ1n) is 6.37. The van der Waals surface area contributed by atoms with Gasteiger partial charge >= 0.3 is 0 Å². The number of hydrogen-bond acceptors (Lipinski definition) is 4. The number of pyridine rings is 1. The third-order valence-electron chi connectivity index (χ3n) is 3.62. The van der Waals surface area contributed by atoms with Crippen molar-refractivity contribution in [2.75, 3.05) is 11.4 Å². The molecule has 2 N–H and O–H groups in total. The van der Waals surface area contributed by atoms with Crippen LogP contribution in [0.2, 0.25) is 5.02 Å². The number of anilines is 1. The Morgan fingerprint density at radius 2 is 2.15 bits per heavy atom. The minimum Gasteiger partial charge on any atom is -0.369 e. The molecule has 4 nitrogen and oxygen atoms in total. The van der Waals surface area contributed by atoms with Crippen molar-refractivity contribution in [3.8, 4) is 0 Å². The number of halogens is 1. The van der Waals surface area contributed by atoms with Crippen molar-refractivity contribution in [3.63, 3.8) is 0 Å². The second-order valence-electron chi connectivity index (χ2n) is 5.01. The van der Waals surface area contributed by atoms with Crippen LogP contribution in [0.3, 0.4) is 0 Å². The molecule has 2 aromatic rings. The first-order valence-corrected chi connectivity index (χ1v) is 6.75. The van der Waals surface area contributed by atoms with Gasteiger partial charge in [-0.1, -0.05) is 23.7 Å². The van der Waals surface area contributed by atoms with Crippen molar-refractivity contribution in [1.82, 2.24) is 4.98 Å². The lowest BCUT2D eigenvalue weighted by molar-refractivity contribution is 0.531. The van der Waals surface area contributed by atoms with Crippen molar-refractivity contribution in [3.05, 3.63) is 59.4 Å². The van der Waals surface area contributed by atoms with E-state index >= 15 is 0 Å². The van der Waals surface area contributed by atoms with Crippen molar-refractivity contribution in [1.29, 1.82) is 0 Å². The Morgan fingerprint density at radius 1 is 1.30 bits per heavy atom. The average Bonchev–Trinajstić information content (AvgIpc) is 2.77. The van der Waals surface area contributed by atoms with E-state index in [1.54, 1.807) is 6.20 Å². The van der Waals surface area contributed by atoms with E-state index in [0.29, 0.717) is 17.5 Å². The van der Waals surface area contributed by atoms with Crippen LogP contribution in [-0.2, 0) is 5.54 Å². The SMILES string of the molecule is CC1(c2cccnc2)CN=C(N)N1c1cccc(Cl)c1. The summed E-state index contributed by atoms with van der Waals surface area (Å²) in [7, 11) is 0. The van der Waals surface area contributed by atoms with Crippen LogP contribution in [0.5, 0.6) is 0 Å². The molecule has 0 saturated heterocycles. The minimum absolute atomic E-state index is 0.344. The molecule has 0 bridgehead atoms. The number of nitrogens with zero attached hydrogens (tertiary/aromatic N) is 3. The summed E-state index contributed by atoms with van der Waals surface area (Å²) < 4.78 is 0. The summed E-state index contributed by atoms with van der Waals surface area (Å²) in [5, 5.41) is 0.677. The fourth-order valence-corrected chi connectivity index (χ4v) is 2.75. The largest absolute Gasteiger partial charge is 0.369 e.